The third kappa shape index (κ3) is 5.28. The molecule has 212 valence electrons. The summed E-state index contributed by atoms with van der Waals surface area (Å²) in [6.45, 7) is 8.00. The Balaban J connectivity index is 1.28. The molecule has 0 fully saturated rings. The van der Waals surface area contributed by atoms with Crippen LogP contribution in [0.25, 0.3) is 27.9 Å². The Morgan fingerprint density at radius 3 is 2.52 bits per heavy atom. The van der Waals surface area contributed by atoms with Gasteiger partial charge in [0.1, 0.15) is 0 Å². The second-order valence-electron chi connectivity index (χ2n) is 10.7. The second kappa shape index (κ2) is 11.2. The lowest BCUT2D eigenvalue weighted by atomic mass is 9.97. The van der Waals surface area contributed by atoms with Crippen LogP contribution in [0.5, 0.6) is 0 Å². The number of anilines is 2. The van der Waals surface area contributed by atoms with Crippen LogP contribution in [0.3, 0.4) is 0 Å². The number of carbonyl (C=O) groups is 1. The highest BCUT2D eigenvalue weighted by Crippen LogP contribution is 2.34. The Labute approximate surface area is 242 Å². The fraction of sp³-hybridized carbons (Fsp3) is 0.206. The zero-order valence-corrected chi connectivity index (χ0v) is 23.4. The molecule has 0 bridgehead atoms. The normalized spacial score (nSPS) is 12.8. The van der Waals surface area contributed by atoms with Gasteiger partial charge in [0.05, 0.1) is 22.5 Å². The minimum absolute atomic E-state index is 0.129. The number of nitrogens with zero attached hydrogens (tertiary/aromatic N) is 2. The minimum Gasteiger partial charge on any atom is -0.338 e. The SMILES string of the molecule is C=C(Nc1onc2c1CCCC2)c1ccc(NC(=O)c2cc(-c3ccccc3C(F)F)nc3c(C)cc(C)cc23)cc1. The number of rotatable bonds is 7. The Morgan fingerprint density at radius 2 is 1.74 bits per heavy atom. The average Bonchev–Trinajstić information content (AvgIpc) is 3.39. The largest absolute Gasteiger partial charge is 0.338 e. The van der Waals surface area contributed by atoms with Crippen molar-refractivity contribution in [2.24, 2.45) is 0 Å². The fourth-order valence-electron chi connectivity index (χ4n) is 5.58. The molecule has 0 spiro atoms. The van der Waals surface area contributed by atoms with Crippen LogP contribution in [0.2, 0.25) is 0 Å². The molecule has 0 radical (unpaired) electrons. The first kappa shape index (κ1) is 27.3. The summed E-state index contributed by atoms with van der Waals surface area (Å²) in [5, 5.41) is 11.1. The van der Waals surface area contributed by atoms with Crippen molar-refractivity contribution in [3.63, 3.8) is 0 Å². The summed E-state index contributed by atoms with van der Waals surface area (Å²) in [6.07, 6.45) is 1.40. The van der Waals surface area contributed by atoms with Gasteiger partial charge in [-0.05, 0) is 74.9 Å². The third-order valence-electron chi connectivity index (χ3n) is 7.68. The quantitative estimate of drug-likeness (QED) is 0.207. The van der Waals surface area contributed by atoms with E-state index < -0.39 is 6.43 Å². The van der Waals surface area contributed by atoms with E-state index in [9.17, 15) is 13.6 Å². The van der Waals surface area contributed by atoms with Gasteiger partial charge < -0.3 is 15.2 Å². The number of aryl methyl sites for hydroxylation is 3. The number of amides is 1. The highest BCUT2D eigenvalue weighted by molar-refractivity contribution is 6.13. The lowest BCUT2D eigenvalue weighted by Gasteiger charge is -2.15. The monoisotopic (exact) mass is 564 g/mol. The molecule has 2 heterocycles. The standard InChI is InChI=1S/C34H30F2N4O2/c1-19-16-20(2)31-27(17-19)28(18-30(39-31)24-8-4-5-9-25(24)32(35)36)33(41)38-23-14-12-22(13-15-23)21(3)37-34-26-10-6-7-11-29(26)40-42-34/h4-5,8-9,12-18,32,37H,3,6-7,10-11H2,1-2H3,(H,38,41). The van der Waals surface area contributed by atoms with E-state index >= 15 is 0 Å². The number of aromatic nitrogens is 2. The summed E-state index contributed by atoms with van der Waals surface area (Å²) in [6, 6.07) is 19.0. The Hall–Kier alpha value is -4.85. The van der Waals surface area contributed by atoms with Gasteiger partial charge in [0.15, 0.2) is 0 Å². The number of fused-ring (bicyclic) bond motifs is 2. The molecule has 2 N–H and O–H groups in total. The lowest BCUT2D eigenvalue weighted by molar-refractivity contribution is 0.102. The summed E-state index contributed by atoms with van der Waals surface area (Å²) in [5.41, 5.74) is 7.46. The first-order valence-electron chi connectivity index (χ1n) is 13.9. The Morgan fingerprint density at radius 1 is 0.976 bits per heavy atom. The summed E-state index contributed by atoms with van der Waals surface area (Å²) in [5.74, 6) is 0.271. The van der Waals surface area contributed by atoms with Crippen LogP contribution in [-0.2, 0) is 12.8 Å². The fourth-order valence-corrected chi connectivity index (χ4v) is 5.58. The number of hydrogen-bond acceptors (Lipinski definition) is 5. The van der Waals surface area contributed by atoms with E-state index in [1.165, 1.54) is 6.07 Å². The van der Waals surface area contributed by atoms with Crippen molar-refractivity contribution in [2.75, 3.05) is 10.6 Å². The van der Waals surface area contributed by atoms with E-state index in [2.05, 4.69) is 22.4 Å². The van der Waals surface area contributed by atoms with Crippen LogP contribution < -0.4 is 10.6 Å². The third-order valence-corrected chi connectivity index (χ3v) is 7.68. The van der Waals surface area contributed by atoms with Crippen molar-refractivity contribution in [3.05, 3.63) is 112 Å². The molecule has 42 heavy (non-hydrogen) atoms. The summed E-state index contributed by atoms with van der Waals surface area (Å²) in [7, 11) is 0. The van der Waals surface area contributed by atoms with Gasteiger partial charge in [-0.1, -0.05) is 59.8 Å². The van der Waals surface area contributed by atoms with E-state index in [1.807, 2.05) is 38.1 Å². The maximum absolute atomic E-state index is 13.8. The maximum Gasteiger partial charge on any atom is 0.264 e. The topological polar surface area (TPSA) is 80.0 Å². The van der Waals surface area contributed by atoms with E-state index in [4.69, 9.17) is 9.51 Å². The molecule has 6 rings (SSSR count). The molecule has 0 aliphatic heterocycles. The number of hydrogen-bond donors (Lipinski definition) is 2. The molecular formula is C34H30F2N4O2. The maximum atomic E-state index is 13.8. The summed E-state index contributed by atoms with van der Waals surface area (Å²) >= 11 is 0. The van der Waals surface area contributed by atoms with E-state index in [0.717, 1.165) is 53.6 Å². The molecule has 5 aromatic rings. The highest BCUT2D eigenvalue weighted by atomic mass is 19.3. The summed E-state index contributed by atoms with van der Waals surface area (Å²) < 4.78 is 33.2. The van der Waals surface area contributed by atoms with Gasteiger partial charge in [0.2, 0.25) is 5.88 Å². The molecule has 0 atom stereocenters. The van der Waals surface area contributed by atoms with E-state index in [-0.39, 0.29) is 11.5 Å². The van der Waals surface area contributed by atoms with Crippen molar-refractivity contribution in [1.82, 2.24) is 10.1 Å². The first-order valence-corrected chi connectivity index (χ1v) is 13.9. The van der Waals surface area contributed by atoms with Gasteiger partial charge in [-0.3, -0.25) is 4.79 Å². The predicted molar refractivity (Wildman–Crippen MR) is 162 cm³/mol. The predicted octanol–water partition coefficient (Wildman–Crippen LogP) is 8.66. The molecule has 0 saturated heterocycles. The van der Waals surface area contributed by atoms with Gasteiger partial charge in [-0.25, -0.2) is 13.8 Å². The van der Waals surface area contributed by atoms with Gasteiger partial charge in [-0.2, -0.15) is 0 Å². The van der Waals surface area contributed by atoms with Gasteiger partial charge >= 0.3 is 0 Å². The number of pyridine rings is 1. The van der Waals surface area contributed by atoms with Crippen molar-refractivity contribution >= 4 is 34.1 Å². The van der Waals surface area contributed by atoms with Crippen LogP contribution in [0, 0.1) is 13.8 Å². The van der Waals surface area contributed by atoms with E-state index in [0.29, 0.717) is 45.0 Å². The second-order valence-corrected chi connectivity index (χ2v) is 10.7. The van der Waals surface area contributed by atoms with Crippen LogP contribution in [0.4, 0.5) is 20.4 Å². The molecule has 3 aromatic carbocycles. The molecule has 2 aromatic heterocycles. The Kier molecular flexibility index (Phi) is 7.29. The smallest absolute Gasteiger partial charge is 0.264 e. The number of carbonyl (C=O) groups excluding carboxylic acids is 1. The molecule has 1 aliphatic carbocycles. The zero-order chi connectivity index (χ0) is 29.4. The molecular weight excluding hydrogens is 534 g/mol. The molecule has 1 aliphatic rings. The van der Waals surface area contributed by atoms with Crippen LogP contribution >= 0.6 is 0 Å². The number of halogens is 2. The highest BCUT2D eigenvalue weighted by Gasteiger charge is 2.21. The van der Waals surface area contributed by atoms with Gasteiger partial charge in [0, 0.05) is 33.5 Å². The molecule has 1 amide bonds. The minimum atomic E-state index is -2.67. The number of nitrogens with one attached hydrogen (secondary N) is 2. The van der Waals surface area contributed by atoms with Crippen molar-refractivity contribution in [2.45, 2.75) is 46.0 Å². The number of alkyl halides is 2. The first-order chi connectivity index (χ1) is 20.3. The van der Waals surface area contributed by atoms with Crippen LogP contribution in [0.15, 0.2) is 77.8 Å². The molecule has 0 unspecified atom stereocenters. The van der Waals surface area contributed by atoms with Crippen LogP contribution in [-0.4, -0.2) is 16.0 Å². The molecule has 8 heteroatoms. The molecule has 0 saturated carbocycles. The van der Waals surface area contributed by atoms with E-state index in [1.54, 1.807) is 36.4 Å². The number of benzene rings is 3. The van der Waals surface area contributed by atoms with Crippen molar-refractivity contribution < 1.29 is 18.1 Å². The Bertz CT molecular complexity index is 1830. The zero-order valence-electron chi connectivity index (χ0n) is 23.4. The van der Waals surface area contributed by atoms with Crippen molar-refractivity contribution in [1.29, 1.82) is 0 Å². The molecule has 6 nitrogen and oxygen atoms in total. The summed E-state index contributed by atoms with van der Waals surface area (Å²) in [4.78, 5) is 18.4. The average molecular weight is 565 g/mol. The lowest BCUT2D eigenvalue weighted by Crippen LogP contribution is -2.13. The van der Waals surface area contributed by atoms with Gasteiger partial charge in [0.25, 0.3) is 12.3 Å². The van der Waals surface area contributed by atoms with Crippen molar-refractivity contribution in [3.8, 4) is 11.3 Å². The van der Waals surface area contributed by atoms with Crippen LogP contribution in [0.1, 0.15) is 63.1 Å². The van der Waals surface area contributed by atoms with Gasteiger partial charge in [-0.15, -0.1) is 0 Å².